The first-order valence-electron chi connectivity index (χ1n) is 5.60. The standard InChI is InChI=1S/C12H21NOS/c1-4-14-8-7-13-12(10(2)3)11-6-5-9-15-11/h5-6,9-10,12-13H,4,7-8H2,1-3H3. The molecule has 0 fully saturated rings. The van der Waals surface area contributed by atoms with Gasteiger partial charge < -0.3 is 10.1 Å². The van der Waals surface area contributed by atoms with Gasteiger partial charge in [0.1, 0.15) is 0 Å². The van der Waals surface area contributed by atoms with Gasteiger partial charge in [-0.25, -0.2) is 0 Å². The van der Waals surface area contributed by atoms with Crippen molar-refractivity contribution in [2.45, 2.75) is 26.8 Å². The topological polar surface area (TPSA) is 21.3 Å². The molecule has 0 aliphatic carbocycles. The van der Waals surface area contributed by atoms with Crippen molar-refractivity contribution in [1.29, 1.82) is 0 Å². The van der Waals surface area contributed by atoms with Crippen molar-refractivity contribution < 1.29 is 4.74 Å². The lowest BCUT2D eigenvalue weighted by Crippen LogP contribution is -2.28. The smallest absolute Gasteiger partial charge is 0.0590 e. The Kier molecular flexibility index (Phi) is 5.91. The molecule has 0 bridgehead atoms. The second kappa shape index (κ2) is 6.99. The second-order valence-corrected chi connectivity index (χ2v) is 4.87. The average molecular weight is 227 g/mol. The molecule has 1 aromatic rings. The van der Waals surface area contributed by atoms with Crippen LogP contribution in [0.1, 0.15) is 31.7 Å². The van der Waals surface area contributed by atoms with E-state index in [-0.39, 0.29) is 0 Å². The van der Waals surface area contributed by atoms with Crippen LogP contribution in [0, 0.1) is 5.92 Å². The maximum Gasteiger partial charge on any atom is 0.0590 e. The zero-order valence-electron chi connectivity index (χ0n) is 9.82. The first-order chi connectivity index (χ1) is 7.25. The Morgan fingerprint density at radius 3 is 2.80 bits per heavy atom. The van der Waals surface area contributed by atoms with Crippen LogP contribution in [0.2, 0.25) is 0 Å². The van der Waals surface area contributed by atoms with E-state index < -0.39 is 0 Å². The molecule has 3 heteroatoms. The molecule has 0 amide bonds. The minimum atomic E-state index is 0.463. The van der Waals surface area contributed by atoms with E-state index in [9.17, 15) is 0 Å². The summed E-state index contributed by atoms with van der Waals surface area (Å²) in [5.41, 5.74) is 0. The van der Waals surface area contributed by atoms with E-state index in [0.29, 0.717) is 12.0 Å². The van der Waals surface area contributed by atoms with E-state index >= 15 is 0 Å². The summed E-state index contributed by atoms with van der Waals surface area (Å²) < 4.78 is 5.32. The number of thiophene rings is 1. The van der Waals surface area contributed by atoms with Gasteiger partial charge in [-0.2, -0.15) is 0 Å². The fraction of sp³-hybridized carbons (Fsp3) is 0.667. The summed E-state index contributed by atoms with van der Waals surface area (Å²) in [5.74, 6) is 0.616. The summed E-state index contributed by atoms with van der Waals surface area (Å²) in [6, 6.07) is 4.77. The van der Waals surface area contributed by atoms with Crippen LogP contribution in [0.3, 0.4) is 0 Å². The predicted molar refractivity (Wildman–Crippen MR) is 66.4 cm³/mol. The third-order valence-electron chi connectivity index (χ3n) is 2.33. The summed E-state index contributed by atoms with van der Waals surface area (Å²) in [7, 11) is 0. The third kappa shape index (κ3) is 4.33. The van der Waals surface area contributed by atoms with Gasteiger partial charge in [0.15, 0.2) is 0 Å². The van der Waals surface area contributed by atoms with E-state index in [2.05, 4.69) is 36.7 Å². The number of hydrogen-bond acceptors (Lipinski definition) is 3. The summed E-state index contributed by atoms with van der Waals surface area (Å²) in [4.78, 5) is 1.42. The molecule has 1 N–H and O–H groups in total. The molecule has 1 heterocycles. The molecule has 2 nitrogen and oxygen atoms in total. The highest BCUT2D eigenvalue weighted by Gasteiger charge is 2.15. The average Bonchev–Trinajstić information content (AvgIpc) is 2.70. The van der Waals surface area contributed by atoms with Crippen molar-refractivity contribution in [3.8, 4) is 0 Å². The largest absolute Gasteiger partial charge is 0.380 e. The summed E-state index contributed by atoms with van der Waals surface area (Å²) >= 11 is 1.82. The zero-order valence-corrected chi connectivity index (χ0v) is 10.6. The second-order valence-electron chi connectivity index (χ2n) is 3.89. The van der Waals surface area contributed by atoms with Gasteiger partial charge in [0.05, 0.1) is 6.61 Å². The molecule has 0 aliphatic rings. The quantitative estimate of drug-likeness (QED) is 0.723. The Morgan fingerprint density at radius 1 is 1.47 bits per heavy atom. The molecular formula is C12H21NOS. The number of hydrogen-bond donors (Lipinski definition) is 1. The Hall–Kier alpha value is -0.380. The highest BCUT2D eigenvalue weighted by Crippen LogP contribution is 2.25. The van der Waals surface area contributed by atoms with Crippen molar-refractivity contribution in [2.24, 2.45) is 5.92 Å². The highest BCUT2D eigenvalue weighted by molar-refractivity contribution is 7.10. The van der Waals surface area contributed by atoms with E-state index in [1.54, 1.807) is 0 Å². The van der Waals surface area contributed by atoms with Crippen molar-refractivity contribution >= 4 is 11.3 Å². The molecular weight excluding hydrogens is 206 g/mol. The molecule has 0 aromatic carbocycles. The van der Waals surface area contributed by atoms with Crippen LogP contribution in [-0.4, -0.2) is 19.8 Å². The molecule has 0 spiro atoms. The first-order valence-corrected chi connectivity index (χ1v) is 6.48. The van der Waals surface area contributed by atoms with Crippen LogP contribution in [-0.2, 0) is 4.74 Å². The van der Waals surface area contributed by atoms with Gasteiger partial charge in [-0.15, -0.1) is 11.3 Å². The fourth-order valence-corrected chi connectivity index (χ4v) is 2.54. The van der Waals surface area contributed by atoms with Crippen LogP contribution in [0.15, 0.2) is 17.5 Å². The molecule has 86 valence electrons. The summed E-state index contributed by atoms with van der Waals surface area (Å²) in [6.45, 7) is 9.04. The summed E-state index contributed by atoms with van der Waals surface area (Å²) in [6.07, 6.45) is 0. The van der Waals surface area contributed by atoms with E-state index in [4.69, 9.17) is 4.74 Å². The van der Waals surface area contributed by atoms with Crippen LogP contribution in [0.4, 0.5) is 0 Å². The van der Waals surface area contributed by atoms with Crippen molar-refractivity contribution in [3.05, 3.63) is 22.4 Å². The molecule has 1 unspecified atom stereocenters. The number of nitrogens with one attached hydrogen (secondary N) is 1. The SMILES string of the molecule is CCOCCNC(c1cccs1)C(C)C. The number of ether oxygens (including phenoxy) is 1. The van der Waals surface area contributed by atoms with Gasteiger partial charge in [0, 0.05) is 24.1 Å². The van der Waals surface area contributed by atoms with Gasteiger partial charge in [-0.05, 0) is 24.3 Å². The molecule has 15 heavy (non-hydrogen) atoms. The van der Waals surface area contributed by atoms with Gasteiger partial charge in [0.25, 0.3) is 0 Å². The third-order valence-corrected chi connectivity index (χ3v) is 3.29. The molecule has 0 radical (unpaired) electrons. The van der Waals surface area contributed by atoms with Gasteiger partial charge >= 0.3 is 0 Å². The fourth-order valence-electron chi connectivity index (χ4n) is 1.56. The maximum absolute atomic E-state index is 5.32. The van der Waals surface area contributed by atoms with Crippen LogP contribution >= 0.6 is 11.3 Å². The van der Waals surface area contributed by atoms with Crippen molar-refractivity contribution in [2.75, 3.05) is 19.8 Å². The Bertz CT molecular complexity index is 246. The lowest BCUT2D eigenvalue weighted by Gasteiger charge is -2.21. The minimum absolute atomic E-state index is 0.463. The van der Waals surface area contributed by atoms with Crippen LogP contribution in [0.25, 0.3) is 0 Å². The molecule has 1 atom stereocenters. The van der Waals surface area contributed by atoms with Crippen LogP contribution in [0.5, 0.6) is 0 Å². The van der Waals surface area contributed by atoms with E-state index in [1.807, 2.05) is 18.3 Å². The minimum Gasteiger partial charge on any atom is -0.380 e. The van der Waals surface area contributed by atoms with E-state index in [0.717, 1.165) is 19.8 Å². The Labute approximate surface area is 96.7 Å². The maximum atomic E-state index is 5.32. The number of rotatable bonds is 7. The molecule has 0 saturated heterocycles. The first kappa shape index (κ1) is 12.7. The van der Waals surface area contributed by atoms with E-state index in [1.165, 1.54) is 4.88 Å². The normalized spacial score (nSPS) is 13.3. The lowest BCUT2D eigenvalue weighted by molar-refractivity contribution is 0.145. The van der Waals surface area contributed by atoms with Crippen molar-refractivity contribution in [1.82, 2.24) is 5.32 Å². The lowest BCUT2D eigenvalue weighted by atomic mass is 10.0. The zero-order chi connectivity index (χ0) is 11.1. The molecule has 1 aromatic heterocycles. The monoisotopic (exact) mass is 227 g/mol. The molecule has 1 rings (SSSR count). The van der Waals surface area contributed by atoms with Gasteiger partial charge in [-0.1, -0.05) is 19.9 Å². The van der Waals surface area contributed by atoms with Gasteiger partial charge in [0.2, 0.25) is 0 Å². The molecule has 0 aliphatic heterocycles. The highest BCUT2D eigenvalue weighted by atomic mass is 32.1. The van der Waals surface area contributed by atoms with Crippen LogP contribution < -0.4 is 5.32 Å². The summed E-state index contributed by atoms with van der Waals surface area (Å²) in [5, 5.41) is 5.68. The Balaban J connectivity index is 2.39. The van der Waals surface area contributed by atoms with Crippen molar-refractivity contribution in [3.63, 3.8) is 0 Å². The molecule has 0 saturated carbocycles. The van der Waals surface area contributed by atoms with Gasteiger partial charge in [-0.3, -0.25) is 0 Å². The Morgan fingerprint density at radius 2 is 2.27 bits per heavy atom. The predicted octanol–water partition coefficient (Wildman–Crippen LogP) is 3.07.